The smallest absolute Gasteiger partial charge is 0.229 e. The van der Waals surface area contributed by atoms with Gasteiger partial charge in [0, 0.05) is 23.8 Å². The highest BCUT2D eigenvalue weighted by atomic mass is 16.7. The molecule has 0 saturated carbocycles. The van der Waals surface area contributed by atoms with Gasteiger partial charge in [0.1, 0.15) is 52.6 Å². The number of aliphatic hydroxyl groups is 4. The fourth-order valence-electron chi connectivity index (χ4n) is 3.60. The minimum absolute atomic E-state index is 0.0626. The van der Waals surface area contributed by atoms with Gasteiger partial charge in [-0.15, -0.1) is 0 Å². The fraction of sp³-hybridized carbons (Fsp3) is 0.318. The lowest BCUT2D eigenvalue weighted by Crippen LogP contribution is -2.60. The summed E-state index contributed by atoms with van der Waals surface area (Å²) in [5.74, 6) is -0.392. The minimum Gasteiger partial charge on any atom is -0.507 e. The van der Waals surface area contributed by atoms with Gasteiger partial charge in [0.2, 0.25) is 6.29 Å². The van der Waals surface area contributed by atoms with Crippen molar-refractivity contribution in [2.45, 2.75) is 30.7 Å². The van der Waals surface area contributed by atoms with E-state index in [1.807, 2.05) is 0 Å². The Morgan fingerprint density at radius 3 is 2.39 bits per heavy atom. The molecule has 5 atom stereocenters. The monoisotopic (exact) mass is 462 g/mol. The van der Waals surface area contributed by atoms with E-state index in [0.29, 0.717) is 5.56 Å². The van der Waals surface area contributed by atoms with Crippen molar-refractivity contribution >= 4 is 11.0 Å². The van der Waals surface area contributed by atoms with Gasteiger partial charge >= 0.3 is 0 Å². The van der Waals surface area contributed by atoms with Gasteiger partial charge in [0.15, 0.2) is 16.9 Å². The number of ether oxygens (including phenoxy) is 3. The summed E-state index contributed by atoms with van der Waals surface area (Å²) in [4.78, 5) is 12.6. The standard InChI is InChI=1S/C22H22O11/c1-30-14-3-2-9(4-11(14)24)15-7-13(26)18-12(25)5-10(6-16(18)32-15)31-22-21(29)20(28)19(27)17(8-23)33-22/h2-7,17,19-25,27-29H,8H2,1H3/t17-,19-,20+,21-,22?/m1/s1. The Bertz CT molecular complexity index is 1220. The second-order valence-electron chi connectivity index (χ2n) is 7.49. The Balaban J connectivity index is 1.71. The van der Waals surface area contributed by atoms with Crippen LogP contribution in [-0.2, 0) is 4.74 Å². The van der Waals surface area contributed by atoms with Crippen molar-refractivity contribution in [3.63, 3.8) is 0 Å². The number of fused-ring (bicyclic) bond motifs is 1. The summed E-state index contributed by atoms with van der Waals surface area (Å²) in [7, 11) is 1.39. The summed E-state index contributed by atoms with van der Waals surface area (Å²) >= 11 is 0. The van der Waals surface area contributed by atoms with Gasteiger partial charge in [-0.2, -0.15) is 0 Å². The average molecular weight is 462 g/mol. The van der Waals surface area contributed by atoms with E-state index < -0.39 is 48.5 Å². The van der Waals surface area contributed by atoms with E-state index in [0.717, 1.165) is 12.1 Å². The minimum atomic E-state index is -1.67. The fourth-order valence-corrected chi connectivity index (χ4v) is 3.60. The van der Waals surface area contributed by atoms with Crippen molar-refractivity contribution in [1.82, 2.24) is 0 Å². The van der Waals surface area contributed by atoms with Crippen LogP contribution in [0.2, 0.25) is 0 Å². The first-order valence-electron chi connectivity index (χ1n) is 9.89. The molecule has 11 heteroatoms. The van der Waals surface area contributed by atoms with Crippen LogP contribution < -0.4 is 14.9 Å². The van der Waals surface area contributed by atoms with Crippen molar-refractivity contribution in [3.05, 3.63) is 46.6 Å². The van der Waals surface area contributed by atoms with Crippen LogP contribution in [0.15, 0.2) is 45.6 Å². The van der Waals surface area contributed by atoms with E-state index in [2.05, 4.69) is 0 Å². The van der Waals surface area contributed by atoms with Gasteiger partial charge in [-0.3, -0.25) is 4.79 Å². The molecule has 1 aromatic heterocycles. The molecule has 4 rings (SSSR count). The first kappa shape index (κ1) is 22.8. The number of hydrogen-bond acceptors (Lipinski definition) is 11. The lowest BCUT2D eigenvalue weighted by atomic mass is 9.99. The number of phenolic OH excluding ortho intramolecular Hbond substituents is 2. The number of methoxy groups -OCH3 is 1. The number of rotatable bonds is 5. The summed E-state index contributed by atoms with van der Waals surface area (Å²) in [6.45, 7) is -0.638. The third kappa shape index (κ3) is 4.19. The van der Waals surface area contributed by atoms with Crippen LogP contribution in [0.25, 0.3) is 22.3 Å². The Morgan fingerprint density at radius 1 is 0.970 bits per heavy atom. The SMILES string of the molecule is COc1ccc(-c2cc(=O)c3c(O)cc(OC4O[C@H](CO)[C@@H](O)[C@H](O)[C@H]4O)cc3o2)cc1O. The zero-order valence-electron chi connectivity index (χ0n) is 17.3. The van der Waals surface area contributed by atoms with Crippen molar-refractivity contribution in [2.75, 3.05) is 13.7 Å². The summed E-state index contributed by atoms with van der Waals surface area (Å²) in [6.07, 6.45) is -7.56. The predicted octanol–water partition coefficient (Wildman–Crippen LogP) is 0.0585. The maximum Gasteiger partial charge on any atom is 0.229 e. The van der Waals surface area contributed by atoms with E-state index in [1.54, 1.807) is 6.07 Å². The normalized spacial score (nSPS) is 25.2. The van der Waals surface area contributed by atoms with Crippen molar-refractivity contribution in [2.24, 2.45) is 0 Å². The van der Waals surface area contributed by atoms with Crippen molar-refractivity contribution in [1.29, 1.82) is 0 Å². The van der Waals surface area contributed by atoms with Gasteiger partial charge < -0.3 is 49.3 Å². The van der Waals surface area contributed by atoms with Crippen molar-refractivity contribution < 1.29 is 49.3 Å². The first-order chi connectivity index (χ1) is 15.7. The largest absolute Gasteiger partial charge is 0.507 e. The van der Waals surface area contributed by atoms with Crippen LogP contribution in [0.1, 0.15) is 0 Å². The number of phenols is 2. The molecule has 11 nitrogen and oxygen atoms in total. The van der Waals surface area contributed by atoms with E-state index in [-0.39, 0.29) is 34.0 Å². The maximum absolute atomic E-state index is 12.6. The second kappa shape index (κ2) is 8.89. The van der Waals surface area contributed by atoms with Crippen LogP contribution in [0.4, 0.5) is 0 Å². The highest BCUT2D eigenvalue weighted by Gasteiger charge is 2.44. The third-order valence-corrected chi connectivity index (χ3v) is 5.35. The molecule has 33 heavy (non-hydrogen) atoms. The van der Waals surface area contributed by atoms with Crippen LogP contribution in [0, 0.1) is 0 Å². The molecule has 0 radical (unpaired) electrons. The zero-order valence-corrected chi connectivity index (χ0v) is 17.3. The number of aliphatic hydroxyl groups excluding tert-OH is 4. The molecule has 1 aliphatic rings. The van der Waals surface area contributed by atoms with E-state index in [1.165, 1.54) is 25.3 Å². The molecule has 176 valence electrons. The summed E-state index contributed by atoms with van der Waals surface area (Å²) in [5.41, 5.74) is -0.252. The zero-order chi connectivity index (χ0) is 23.9. The Kier molecular flexibility index (Phi) is 6.15. The Morgan fingerprint density at radius 2 is 1.73 bits per heavy atom. The van der Waals surface area contributed by atoms with Crippen molar-refractivity contribution in [3.8, 4) is 34.3 Å². The topological polar surface area (TPSA) is 179 Å². The first-order valence-corrected chi connectivity index (χ1v) is 9.89. The number of hydrogen-bond donors (Lipinski definition) is 6. The maximum atomic E-state index is 12.6. The number of benzene rings is 2. The molecule has 1 aliphatic heterocycles. The molecule has 3 aromatic rings. The van der Waals surface area contributed by atoms with Gasteiger partial charge in [-0.25, -0.2) is 0 Å². The average Bonchev–Trinajstić information content (AvgIpc) is 2.78. The Labute approximate surface area is 186 Å². The molecule has 0 bridgehead atoms. The molecule has 2 aromatic carbocycles. The third-order valence-electron chi connectivity index (χ3n) is 5.35. The van der Waals surface area contributed by atoms with Crippen LogP contribution in [0.3, 0.4) is 0 Å². The predicted molar refractivity (Wildman–Crippen MR) is 112 cm³/mol. The van der Waals surface area contributed by atoms with Crippen LogP contribution in [-0.4, -0.2) is 75.1 Å². The van der Waals surface area contributed by atoms with Gasteiger partial charge in [-0.05, 0) is 18.2 Å². The van der Waals surface area contributed by atoms with Gasteiger partial charge in [0.05, 0.1) is 13.7 Å². The van der Waals surface area contributed by atoms with Crippen LogP contribution >= 0.6 is 0 Å². The quantitative estimate of drug-likeness (QED) is 0.302. The molecule has 1 unspecified atom stereocenters. The molecule has 0 aliphatic carbocycles. The summed E-state index contributed by atoms with van der Waals surface area (Å²) < 4.78 is 21.6. The van der Waals surface area contributed by atoms with Gasteiger partial charge in [0.25, 0.3) is 0 Å². The summed E-state index contributed by atoms with van der Waals surface area (Å²) in [6, 6.07) is 7.92. The van der Waals surface area contributed by atoms with Gasteiger partial charge in [-0.1, -0.05) is 0 Å². The molecule has 2 heterocycles. The molecular weight excluding hydrogens is 440 g/mol. The summed E-state index contributed by atoms with van der Waals surface area (Å²) in [5, 5.41) is 59.5. The lowest BCUT2D eigenvalue weighted by molar-refractivity contribution is -0.277. The van der Waals surface area contributed by atoms with E-state index in [4.69, 9.17) is 18.6 Å². The molecular formula is C22H22O11. The molecule has 6 N–H and O–H groups in total. The molecule has 1 fully saturated rings. The highest BCUT2D eigenvalue weighted by Crippen LogP contribution is 2.35. The molecule has 0 spiro atoms. The lowest BCUT2D eigenvalue weighted by Gasteiger charge is -2.39. The second-order valence-corrected chi connectivity index (χ2v) is 7.49. The molecule has 0 amide bonds. The van der Waals surface area contributed by atoms with E-state index >= 15 is 0 Å². The van der Waals surface area contributed by atoms with E-state index in [9.17, 15) is 35.4 Å². The Hall–Kier alpha value is -3.35. The van der Waals surface area contributed by atoms with Crippen LogP contribution in [0.5, 0.6) is 23.0 Å². The number of aromatic hydroxyl groups is 2. The highest BCUT2D eigenvalue weighted by molar-refractivity contribution is 5.86. The molecule has 1 saturated heterocycles.